The zero-order valence-electron chi connectivity index (χ0n) is 6.60. The van der Waals surface area contributed by atoms with E-state index in [-0.39, 0.29) is 0 Å². The van der Waals surface area contributed by atoms with Crippen molar-refractivity contribution < 1.29 is 4.79 Å². The monoisotopic (exact) mass is 180 g/mol. The van der Waals surface area contributed by atoms with E-state index in [1.165, 1.54) is 6.20 Å². The van der Waals surface area contributed by atoms with Gasteiger partial charge < -0.3 is 0 Å². The summed E-state index contributed by atoms with van der Waals surface area (Å²) in [6.45, 7) is 0. The summed E-state index contributed by atoms with van der Waals surface area (Å²) in [6, 6.07) is 3.43. The van der Waals surface area contributed by atoms with Crippen molar-refractivity contribution in [3.8, 4) is 0 Å². The summed E-state index contributed by atoms with van der Waals surface area (Å²) in [5.74, 6) is 0. The van der Waals surface area contributed by atoms with Gasteiger partial charge in [0.1, 0.15) is 0 Å². The molecular formula is C8H8N2OS. The van der Waals surface area contributed by atoms with Crippen LogP contribution in [0.1, 0.15) is 10.4 Å². The zero-order chi connectivity index (χ0) is 9.23. The number of pyridine rings is 1. The molecule has 0 aromatic carbocycles. The summed E-state index contributed by atoms with van der Waals surface area (Å²) in [6.07, 6.45) is 3.92. The highest BCUT2D eigenvalue weighted by atomic mass is 32.1. The van der Waals surface area contributed by atoms with Crippen molar-refractivity contribution in [2.45, 2.75) is 0 Å². The highest BCUT2D eigenvalue weighted by Gasteiger charge is 1.81. The number of thiocarbonyl (C=S) groups is 1. The van der Waals surface area contributed by atoms with Gasteiger partial charge in [-0.15, -0.1) is 0 Å². The van der Waals surface area contributed by atoms with Crippen molar-refractivity contribution >= 4 is 23.7 Å². The lowest BCUT2D eigenvalue weighted by Crippen LogP contribution is -1.77. The normalized spacial score (nSPS) is 7.08. The van der Waals surface area contributed by atoms with E-state index in [4.69, 9.17) is 0 Å². The molecule has 0 amide bonds. The Kier molecular flexibility index (Phi) is 6.84. The zero-order valence-corrected chi connectivity index (χ0v) is 7.41. The van der Waals surface area contributed by atoms with Crippen LogP contribution in [0.5, 0.6) is 0 Å². The fraction of sp³-hybridized carbons (Fsp3) is 0.125. The van der Waals surface area contributed by atoms with Crippen molar-refractivity contribution in [2.75, 3.05) is 7.05 Å². The topological polar surface area (TPSA) is 42.3 Å². The second-order valence-corrected chi connectivity index (χ2v) is 1.90. The molecule has 0 N–H and O–H groups in total. The van der Waals surface area contributed by atoms with E-state index in [1.54, 1.807) is 25.4 Å². The Morgan fingerprint density at radius 3 is 2.67 bits per heavy atom. The summed E-state index contributed by atoms with van der Waals surface area (Å²) in [5, 5.41) is 2.14. The number of aromatic nitrogens is 1. The van der Waals surface area contributed by atoms with E-state index in [0.29, 0.717) is 5.56 Å². The average molecular weight is 180 g/mol. The predicted molar refractivity (Wildman–Crippen MR) is 50.6 cm³/mol. The van der Waals surface area contributed by atoms with Crippen molar-refractivity contribution in [1.29, 1.82) is 0 Å². The van der Waals surface area contributed by atoms with E-state index in [9.17, 15) is 4.79 Å². The van der Waals surface area contributed by atoms with Gasteiger partial charge in [-0.05, 0) is 24.4 Å². The SMILES string of the molecule is CN=C=S.O=Cc1cccnc1. The fourth-order valence-electron chi connectivity index (χ4n) is 0.446. The molecule has 0 atom stereocenters. The quantitative estimate of drug-likeness (QED) is 0.374. The van der Waals surface area contributed by atoms with Gasteiger partial charge in [-0.2, -0.15) is 0 Å². The van der Waals surface area contributed by atoms with Crippen LogP contribution in [0.3, 0.4) is 0 Å². The third-order valence-electron chi connectivity index (χ3n) is 0.912. The number of aliphatic imine (C=N–C) groups is 1. The van der Waals surface area contributed by atoms with Crippen LogP contribution in [0.25, 0.3) is 0 Å². The maximum Gasteiger partial charge on any atom is 0.151 e. The molecule has 62 valence electrons. The van der Waals surface area contributed by atoms with Gasteiger partial charge in [-0.25, -0.2) is 4.99 Å². The van der Waals surface area contributed by atoms with Crippen molar-refractivity contribution in [2.24, 2.45) is 4.99 Å². The Hall–Kier alpha value is -1.38. The maximum atomic E-state index is 9.97. The van der Waals surface area contributed by atoms with Crippen molar-refractivity contribution in [3.63, 3.8) is 0 Å². The van der Waals surface area contributed by atoms with E-state index < -0.39 is 0 Å². The molecule has 3 nitrogen and oxygen atoms in total. The van der Waals surface area contributed by atoms with Crippen LogP contribution < -0.4 is 0 Å². The molecule has 0 bridgehead atoms. The van der Waals surface area contributed by atoms with Gasteiger partial charge in [-0.3, -0.25) is 9.78 Å². The Balaban J connectivity index is 0.000000261. The van der Waals surface area contributed by atoms with Crippen LogP contribution in [0.4, 0.5) is 0 Å². The number of hydrogen-bond donors (Lipinski definition) is 0. The van der Waals surface area contributed by atoms with Gasteiger partial charge in [0.15, 0.2) is 6.29 Å². The van der Waals surface area contributed by atoms with Gasteiger partial charge in [-0.1, -0.05) is 0 Å². The van der Waals surface area contributed by atoms with Crippen LogP contribution in [0.15, 0.2) is 29.5 Å². The summed E-state index contributed by atoms with van der Waals surface area (Å²) in [4.78, 5) is 17.0. The Morgan fingerprint density at radius 1 is 1.75 bits per heavy atom. The second-order valence-electron chi connectivity index (χ2n) is 1.72. The molecule has 1 aromatic rings. The molecule has 0 fully saturated rings. The molecule has 0 aliphatic rings. The van der Waals surface area contributed by atoms with Gasteiger partial charge in [0, 0.05) is 25.0 Å². The van der Waals surface area contributed by atoms with Crippen molar-refractivity contribution in [1.82, 2.24) is 4.98 Å². The van der Waals surface area contributed by atoms with Crippen molar-refractivity contribution in [3.05, 3.63) is 30.1 Å². The molecule has 0 aliphatic heterocycles. The number of rotatable bonds is 1. The Labute approximate surface area is 76.2 Å². The van der Waals surface area contributed by atoms with Crippen LogP contribution in [0.2, 0.25) is 0 Å². The average Bonchev–Trinajstić information content (AvgIpc) is 2.19. The number of aldehydes is 1. The van der Waals surface area contributed by atoms with Crippen LogP contribution in [0, 0.1) is 0 Å². The molecule has 0 saturated carbocycles. The third-order valence-corrected chi connectivity index (χ3v) is 1.09. The van der Waals surface area contributed by atoms with E-state index in [0.717, 1.165) is 6.29 Å². The maximum absolute atomic E-state index is 9.97. The summed E-state index contributed by atoms with van der Waals surface area (Å²) < 4.78 is 0. The van der Waals surface area contributed by atoms with Gasteiger partial charge in [0.25, 0.3) is 0 Å². The molecule has 0 spiro atoms. The molecule has 1 heterocycles. The van der Waals surface area contributed by atoms with Gasteiger partial charge >= 0.3 is 0 Å². The first-order chi connectivity index (χ1) is 5.85. The standard InChI is InChI=1S/C6H5NO.C2H3NS/c8-5-6-2-1-3-7-4-6;1-3-2-4/h1-5H;1H3. The molecule has 0 aliphatic carbocycles. The van der Waals surface area contributed by atoms with Gasteiger partial charge in [0.05, 0.1) is 5.16 Å². The molecule has 12 heavy (non-hydrogen) atoms. The summed E-state index contributed by atoms with van der Waals surface area (Å²) >= 11 is 4.14. The lowest BCUT2D eigenvalue weighted by Gasteiger charge is -1.81. The highest BCUT2D eigenvalue weighted by molar-refractivity contribution is 7.78. The summed E-state index contributed by atoms with van der Waals surface area (Å²) in [5.41, 5.74) is 0.618. The van der Waals surface area contributed by atoms with Crippen LogP contribution >= 0.6 is 12.2 Å². The van der Waals surface area contributed by atoms with E-state index in [1.807, 2.05) is 0 Å². The largest absolute Gasteiger partial charge is 0.298 e. The first-order valence-corrected chi connectivity index (χ1v) is 3.57. The molecule has 1 rings (SSSR count). The molecule has 0 unspecified atom stereocenters. The second kappa shape index (κ2) is 7.72. The lowest BCUT2D eigenvalue weighted by molar-refractivity contribution is 0.112. The highest BCUT2D eigenvalue weighted by Crippen LogP contribution is 1.87. The van der Waals surface area contributed by atoms with E-state index >= 15 is 0 Å². The number of carbonyl (C=O) groups is 1. The van der Waals surface area contributed by atoms with Crippen LogP contribution in [-0.2, 0) is 0 Å². The van der Waals surface area contributed by atoms with Gasteiger partial charge in [0.2, 0.25) is 0 Å². The number of nitrogens with zero attached hydrogens (tertiary/aromatic N) is 2. The van der Waals surface area contributed by atoms with Crippen LogP contribution in [-0.4, -0.2) is 23.5 Å². The molecular weight excluding hydrogens is 172 g/mol. The third kappa shape index (κ3) is 5.41. The molecule has 0 saturated heterocycles. The molecule has 1 aromatic heterocycles. The summed E-state index contributed by atoms with van der Waals surface area (Å²) in [7, 11) is 1.59. The first-order valence-electron chi connectivity index (χ1n) is 3.16. The first kappa shape index (κ1) is 10.6. The van der Waals surface area contributed by atoms with E-state index in [2.05, 4.69) is 27.4 Å². The fourth-order valence-corrected chi connectivity index (χ4v) is 0.446. The Bertz CT molecular complexity index is 268. The minimum atomic E-state index is 0.618. The lowest BCUT2D eigenvalue weighted by atomic mass is 10.3. The minimum absolute atomic E-state index is 0.618. The smallest absolute Gasteiger partial charge is 0.151 e. The number of hydrogen-bond acceptors (Lipinski definition) is 4. The molecule has 0 radical (unpaired) electrons. The number of carbonyl (C=O) groups excluding carboxylic acids is 1. The molecule has 4 heteroatoms. The minimum Gasteiger partial charge on any atom is -0.298 e. The predicted octanol–water partition coefficient (Wildman–Crippen LogP) is 1.61. The number of isothiocyanates is 1. The Morgan fingerprint density at radius 2 is 2.42 bits per heavy atom.